The molecule has 1 N–H and O–H groups in total. The number of carbonyl (C=O) groups is 1. The van der Waals surface area contributed by atoms with Crippen molar-refractivity contribution < 1.29 is 9.00 Å². The minimum Gasteiger partial charge on any atom is -0.328 e. The molecule has 17 heavy (non-hydrogen) atoms. The van der Waals surface area contributed by atoms with Crippen molar-refractivity contribution in [3.63, 3.8) is 0 Å². The largest absolute Gasteiger partial charge is 0.328 e. The molecule has 94 valence electrons. The Morgan fingerprint density at radius 2 is 2.35 bits per heavy atom. The Hall–Kier alpha value is -0.900. The van der Waals surface area contributed by atoms with Crippen molar-refractivity contribution in [1.29, 1.82) is 0 Å². The van der Waals surface area contributed by atoms with E-state index in [4.69, 9.17) is 0 Å². The van der Waals surface area contributed by atoms with E-state index in [-0.39, 0.29) is 5.91 Å². The van der Waals surface area contributed by atoms with Gasteiger partial charge in [0.15, 0.2) is 0 Å². The van der Waals surface area contributed by atoms with Crippen LogP contribution in [0.1, 0.15) is 39.5 Å². The second-order valence-corrected chi connectivity index (χ2v) is 6.84. The molecule has 0 fully saturated rings. The van der Waals surface area contributed by atoms with Crippen LogP contribution in [0.5, 0.6) is 0 Å². The maximum Gasteiger partial charge on any atom is 0.243 e. The molecule has 0 saturated carbocycles. The van der Waals surface area contributed by atoms with Gasteiger partial charge in [0, 0.05) is 11.1 Å². The van der Waals surface area contributed by atoms with Gasteiger partial charge in [-0.1, -0.05) is 12.2 Å². The summed E-state index contributed by atoms with van der Waals surface area (Å²) in [6.45, 7) is 3.58. The highest BCUT2D eigenvalue weighted by molar-refractivity contribution is 7.90. The SMILES string of the molecule is CC1=CS(=O)C(C)(CC2C=CCCC2)C(=O)N1. The standard InChI is InChI=1S/C13H19NO2S/c1-10-9-17(16)13(2,12(15)14-10)8-11-6-4-3-5-7-11/h4,6,9,11H,3,5,7-8H2,1-2H3,(H,14,15). The van der Waals surface area contributed by atoms with Crippen molar-refractivity contribution in [3.05, 3.63) is 23.3 Å². The zero-order valence-corrected chi connectivity index (χ0v) is 11.2. The summed E-state index contributed by atoms with van der Waals surface area (Å²) in [4.78, 5) is 12.0. The normalized spacial score (nSPS) is 37.5. The summed E-state index contributed by atoms with van der Waals surface area (Å²) in [6.07, 6.45) is 8.40. The van der Waals surface area contributed by atoms with E-state index in [1.807, 2.05) is 6.92 Å². The molecule has 3 unspecified atom stereocenters. The highest BCUT2D eigenvalue weighted by atomic mass is 32.2. The monoisotopic (exact) mass is 253 g/mol. The molecule has 0 aromatic carbocycles. The second kappa shape index (κ2) is 4.77. The third-order valence-electron chi connectivity index (χ3n) is 3.52. The van der Waals surface area contributed by atoms with Gasteiger partial charge in [0.1, 0.15) is 4.75 Å². The van der Waals surface area contributed by atoms with Gasteiger partial charge in [-0.2, -0.15) is 0 Å². The summed E-state index contributed by atoms with van der Waals surface area (Å²) in [7, 11) is -1.21. The first-order chi connectivity index (χ1) is 8.02. The molecule has 0 aromatic heterocycles. The molecule has 3 atom stereocenters. The maximum absolute atomic E-state index is 12.2. The third-order valence-corrected chi connectivity index (χ3v) is 5.33. The van der Waals surface area contributed by atoms with Crippen molar-refractivity contribution in [2.75, 3.05) is 0 Å². The molecule has 1 heterocycles. The smallest absolute Gasteiger partial charge is 0.243 e. The zero-order chi connectivity index (χ0) is 12.5. The highest BCUT2D eigenvalue weighted by Gasteiger charge is 2.42. The van der Waals surface area contributed by atoms with Crippen LogP contribution in [0, 0.1) is 5.92 Å². The molecular formula is C13H19NO2S. The van der Waals surface area contributed by atoms with Gasteiger partial charge >= 0.3 is 0 Å². The quantitative estimate of drug-likeness (QED) is 0.767. The molecule has 2 aliphatic rings. The first kappa shape index (κ1) is 12.6. The van der Waals surface area contributed by atoms with E-state index in [1.165, 1.54) is 6.42 Å². The topological polar surface area (TPSA) is 46.2 Å². The van der Waals surface area contributed by atoms with Gasteiger partial charge in [0.2, 0.25) is 5.91 Å². The lowest BCUT2D eigenvalue weighted by molar-refractivity contribution is -0.122. The van der Waals surface area contributed by atoms with Crippen molar-refractivity contribution in [1.82, 2.24) is 5.32 Å². The lowest BCUT2D eigenvalue weighted by atomic mass is 9.87. The number of allylic oxidation sites excluding steroid dienone is 3. The van der Waals surface area contributed by atoms with Crippen molar-refractivity contribution >= 4 is 16.7 Å². The van der Waals surface area contributed by atoms with E-state index >= 15 is 0 Å². The molecule has 1 aliphatic heterocycles. The molecule has 0 saturated heterocycles. The molecule has 2 rings (SSSR count). The van der Waals surface area contributed by atoms with Crippen LogP contribution in [0.4, 0.5) is 0 Å². The Morgan fingerprint density at radius 3 is 2.94 bits per heavy atom. The van der Waals surface area contributed by atoms with E-state index in [1.54, 1.807) is 12.3 Å². The predicted molar refractivity (Wildman–Crippen MR) is 69.5 cm³/mol. The van der Waals surface area contributed by atoms with Crippen LogP contribution in [-0.2, 0) is 15.6 Å². The van der Waals surface area contributed by atoms with Gasteiger partial charge in [0.25, 0.3) is 0 Å². The Bertz CT molecular complexity index is 414. The highest BCUT2D eigenvalue weighted by Crippen LogP contribution is 2.32. The van der Waals surface area contributed by atoms with Crippen LogP contribution in [-0.4, -0.2) is 14.9 Å². The van der Waals surface area contributed by atoms with Gasteiger partial charge in [-0.25, -0.2) is 0 Å². The van der Waals surface area contributed by atoms with Crippen molar-refractivity contribution in [2.45, 2.75) is 44.3 Å². The average Bonchev–Trinajstić information content (AvgIpc) is 2.28. The van der Waals surface area contributed by atoms with Crippen LogP contribution >= 0.6 is 0 Å². The van der Waals surface area contributed by atoms with Crippen LogP contribution in [0.25, 0.3) is 0 Å². The fourth-order valence-electron chi connectivity index (χ4n) is 2.45. The van der Waals surface area contributed by atoms with Crippen molar-refractivity contribution in [3.8, 4) is 0 Å². The summed E-state index contributed by atoms with van der Waals surface area (Å²) in [5.74, 6) is 0.282. The van der Waals surface area contributed by atoms with Gasteiger partial charge in [-0.3, -0.25) is 9.00 Å². The summed E-state index contributed by atoms with van der Waals surface area (Å²) in [6, 6.07) is 0. The zero-order valence-electron chi connectivity index (χ0n) is 10.4. The Labute approximate surface area is 105 Å². The van der Waals surface area contributed by atoms with Crippen LogP contribution in [0.15, 0.2) is 23.3 Å². The number of carbonyl (C=O) groups excluding carboxylic acids is 1. The molecule has 1 amide bonds. The molecular weight excluding hydrogens is 234 g/mol. The Morgan fingerprint density at radius 1 is 1.59 bits per heavy atom. The fourth-order valence-corrected chi connectivity index (χ4v) is 3.70. The summed E-state index contributed by atoms with van der Waals surface area (Å²) >= 11 is 0. The van der Waals surface area contributed by atoms with E-state index in [0.29, 0.717) is 18.0 Å². The second-order valence-electron chi connectivity index (χ2n) is 5.11. The van der Waals surface area contributed by atoms with E-state index in [9.17, 15) is 9.00 Å². The number of amides is 1. The summed E-state index contributed by atoms with van der Waals surface area (Å²) < 4.78 is 11.4. The molecule has 0 aromatic rings. The van der Waals surface area contributed by atoms with Gasteiger partial charge in [0.05, 0.1) is 10.8 Å². The van der Waals surface area contributed by atoms with Crippen molar-refractivity contribution in [2.24, 2.45) is 5.92 Å². The fraction of sp³-hybridized carbons (Fsp3) is 0.615. The number of hydrogen-bond donors (Lipinski definition) is 1. The van der Waals surface area contributed by atoms with Gasteiger partial charge < -0.3 is 5.32 Å². The minimum absolute atomic E-state index is 0.102. The van der Waals surface area contributed by atoms with Gasteiger partial charge in [-0.15, -0.1) is 0 Å². The summed E-state index contributed by atoms with van der Waals surface area (Å²) in [5, 5.41) is 4.46. The minimum atomic E-state index is -1.21. The molecule has 0 radical (unpaired) electrons. The summed E-state index contributed by atoms with van der Waals surface area (Å²) in [5.41, 5.74) is 0.699. The molecule has 0 bridgehead atoms. The first-order valence-electron chi connectivity index (χ1n) is 6.09. The van der Waals surface area contributed by atoms with Crippen LogP contribution < -0.4 is 5.32 Å². The average molecular weight is 253 g/mol. The molecule has 4 heteroatoms. The first-order valence-corrected chi connectivity index (χ1v) is 7.31. The predicted octanol–water partition coefficient (Wildman–Crippen LogP) is 2.23. The van der Waals surface area contributed by atoms with Crippen LogP contribution in [0.3, 0.4) is 0 Å². The lowest BCUT2D eigenvalue weighted by Crippen LogP contribution is -2.50. The van der Waals surface area contributed by atoms with Gasteiger partial charge in [-0.05, 0) is 45.4 Å². The number of rotatable bonds is 2. The lowest BCUT2D eigenvalue weighted by Gasteiger charge is -2.33. The number of hydrogen-bond acceptors (Lipinski definition) is 2. The Balaban J connectivity index is 2.17. The Kier molecular flexibility index (Phi) is 3.52. The van der Waals surface area contributed by atoms with E-state index in [0.717, 1.165) is 12.8 Å². The van der Waals surface area contributed by atoms with Crippen LogP contribution in [0.2, 0.25) is 0 Å². The molecule has 1 aliphatic carbocycles. The van der Waals surface area contributed by atoms with E-state index < -0.39 is 15.5 Å². The molecule has 0 spiro atoms. The maximum atomic E-state index is 12.2. The van der Waals surface area contributed by atoms with E-state index in [2.05, 4.69) is 17.5 Å². The number of nitrogens with one attached hydrogen (secondary N) is 1. The third kappa shape index (κ3) is 2.51. The molecule has 3 nitrogen and oxygen atoms in total.